The molecule has 64 valence electrons. The Morgan fingerprint density at radius 2 is 2.09 bits per heavy atom. The van der Waals surface area contributed by atoms with Crippen LogP contribution < -0.4 is 5.32 Å². The Labute approximate surface area is 68.7 Å². The van der Waals surface area contributed by atoms with Gasteiger partial charge in [0.2, 0.25) is 0 Å². The highest BCUT2D eigenvalue weighted by molar-refractivity contribution is 5.94. The average molecular weight is 155 g/mol. The Hall–Kier alpha value is -0.790. The summed E-state index contributed by atoms with van der Waals surface area (Å²) in [5.41, 5.74) is 0.807. The summed E-state index contributed by atoms with van der Waals surface area (Å²) < 4.78 is 0. The fourth-order valence-electron chi connectivity index (χ4n) is 0.651. The highest BCUT2D eigenvalue weighted by atomic mass is 16.1. The van der Waals surface area contributed by atoms with Crippen molar-refractivity contribution in [3.63, 3.8) is 0 Å². The van der Waals surface area contributed by atoms with Crippen molar-refractivity contribution in [3.05, 3.63) is 11.8 Å². The van der Waals surface area contributed by atoms with Crippen molar-refractivity contribution in [2.24, 2.45) is 0 Å². The first-order valence-electron chi connectivity index (χ1n) is 4.04. The second-order valence-corrected chi connectivity index (χ2v) is 2.93. The summed E-state index contributed by atoms with van der Waals surface area (Å²) in [5.74, 6) is 0.207. The van der Waals surface area contributed by atoms with Gasteiger partial charge in [-0.15, -0.1) is 0 Å². The van der Waals surface area contributed by atoms with E-state index in [9.17, 15) is 4.79 Å². The van der Waals surface area contributed by atoms with Gasteiger partial charge in [-0.05, 0) is 20.8 Å². The smallest absolute Gasteiger partial charge is 0.159 e. The second kappa shape index (κ2) is 4.94. The summed E-state index contributed by atoms with van der Waals surface area (Å²) in [6.07, 6.45) is 2.37. The molecule has 0 aliphatic carbocycles. The van der Waals surface area contributed by atoms with Gasteiger partial charge < -0.3 is 5.32 Å². The molecule has 2 nitrogen and oxygen atoms in total. The minimum atomic E-state index is 0.207. The SMILES string of the molecule is CCC(=O)/C(C)=C/NC(C)C. The number of carbonyl (C=O) groups is 1. The van der Waals surface area contributed by atoms with E-state index in [0.29, 0.717) is 12.5 Å². The van der Waals surface area contributed by atoms with E-state index in [1.54, 1.807) is 6.20 Å². The van der Waals surface area contributed by atoms with E-state index in [0.717, 1.165) is 5.57 Å². The van der Waals surface area contributed by atoms with Crippen molar-refractivity contribution in [3.8, 4) is 0 Å². The first kappa shape index (κ1) is 10.2. The molecule has 1 N–H and O–H groups in total. The van der Waals surface area contributed by atoms with E-state index in [1.807, 2.05) is 27.7 Å². The van der Waals surface area contributed by atoms with Gasteiger partial charge in [0.1, 0.15) is 0 Å². The third kappa shape index (κ3) is 4.59. The van der Waals surface area contributed by atoms with Gasteiger partial charge in [0.25, 0.3) is 0 Å². The second-order valence-electron chi connectivity index (χ2n) is 2.93. The Bertz CT molecular complexity index is 159. The number of carbonyl (C=O) groups excluding carboxylic acids is 1. The van der Waals surface area contributed by atoms with E-state index >= 15 is 0 Å². The molecule has 0 aliphatic heterocycles. The van der Waals surface area contributed by atoms with Crippen LogP contribution in [0.1, 0.15) is 34.1 Å². The van der Waals surface area contributed by atoms with Crippen LogP contribution in [0.25, 0.3) is 0 Å². The van der Waals surface area contributed by atoms with Crippen LogP contribution in [0.2, 0.25) is 0 Å². The van der Waals surface area contributed by atoms with Crippen LogP contribution in [0, 0.1) is 0 Å². The standard InChI is InChI=1S/C9H17NO/c1-5-9(11)8(4)6-10-7(2)3/h6-7,10H,5H2,1-4H3/b8-6+. The van der Waals surface area contributed by atoms with Gasteiger partial charge in [-0.1, -0.05) is 6.92 Å². The van der Waals surface area contributed by atoms with Gasteiger partial charge in [-0.3, -0.25) is 4.79 Å². The molecular formula is C9H17NO. The number of nitrogens with one attached hydrogen (secondary N) is 1. The van der Waals surface area contributed by atoms with Crippen molar-refractivity contribution in [2.45, 2.75) is 40.2 Å². The lowest BCUT2D eigenvalue weighted by atomic mass is 10.2. The minimum Gasteiger partial charge on any atom is -0.388 e. The first-order valence-corrected chi connectivity index (χ1v) is 4.04. The van der Waals surface area contributed by atoms with E-state index in [4.69, 9.17) is 0 Å². The van der Waals surface area contributed by atoms with Gasteiger partial charge in [0.05, 0.1) is 0 Å². The van der Waals surface area contributed by atoms with Crippen LogP contribution in [0.3, 0.4) is 0 Å². The summed E-state index contributed by atoms with van der Waals surface area (Å²) >= 11 is 0. The van der Waals surface area contributed by atoms with E-state index < -0.39 is 0 Å². The lowest BCUT2D eigenvalue weighted by molar-refractivity contribution is -0.115. The number of ketones is 1. The van der Waals surface area contributed by atoms with Crippen LogP contribution in [0.5, 0.6) is 0 Å². The molecule has 0 amide bonds. The molecule has 0 fully saturated rings. The third-order valence-corrected chi connectivity index (χ3v) is 1.39. The fraction of sp³-hybridized carbons (Fsp3) is 0.667. The molecule has 0 unspecified atom stereocenters. The molecule has 0 heterocycles. The molecule has 0 aromatic rings. The lowest BCUT2D eigenvalue weighted by Crippen LogP contribution is -2.17. The van der Waals surface area contributed by atoms with Crippen molar-refractivity contribution in [1.82, 2.24) is 5.32 Å². The summed E-state index contributed by atoms with van der Waals surface area (Å²) in [7, 11) is 0. The van der Waals surface area contributed by atoms with E-state index in [2.05, 4.69) is 5.32 Å². The quantitative estimate of drug-likeness (QED) is 0.628. The fourth-order valence-corrected chi connectivity index (χ4v) is 0.651. The van der Waals surface area contributed by atoms with Crippen molar-refractivity contribution >= 4 is 5.78 Å². The zero-order chi connectivity index (χ0) is 8.85. The van der Waals surface area contributed by atoms with E-state index in [-0.39, 0.29) is 5.78 Å². The predicted molar refractivity (Wildman–Crippen MR) is 47.3 cm³/mol. The van der Waals surface area contributed by atoms with Gasteiger partial charge in [-0.2, -0.15) is 0 Å². The first-order chi connectivity index (χ1) is 5.07. The third-order valence-electron chi connectivity index (χ3n) is 1.39. The molecule has 0 atom stereocenters. The molecule has 0 saturated heterocycles. The Balaban J connectivity index is 3.90. The molecule has 0 bridgehead atoms. The molecule has 0 saturated carbocycles. The largest absolute Gasteiger partial charge is 0.388 e. The van der Waals surface area contributed by atoms with Crippen LogP contribution in [0.15, 0.2) is 11.8 Å². The van der Waals surface area contributed by atoms with Gasteiger partial charge in [-0.25, -0.2) is 0 Å². The Kier molecular flexibility index (Phi) is 4.59. The Morgan fingerprint density at radius 1 is 1.55 bits per heavy atom. The molecule has 0 radical (unpaired) electrons. The summed E-state index contributed by atoms with van der Waals surface area (Å²) in [4.78, 5) is 11.0. The minimum absolute atomic E-state index is 0.207. The maximum Gasteiger partial charge on any atom is 0.159 e. The average Bonchev–Trinajstić information content (AvgIpc) is 1.98. The summed E-state index contributed by atoms with van der Waals surface area (Å²) in [5, 5.41) is 3.08. The predicted octanol–water partition coefficient (Wildman–Crippen LogP) is 1.87. The van der Waals surface area contributed by atoms with Crippen LogP contribution in [0.4, 0.5) is 0 Å². The highest BCUT2D eigenvalue weighted by Crippen LogP contribution is 1.96. The molecule has 2 heteroatoms. The molecule has 0 aromatic heterocycles. The highest BCUT2D eigenvalue weighted by Gasteiger charge is 1.99. The molecule has 11 heavy (non-hydrogen) atoms. The molecule has 0 aromatic carbocycles. The van der Waals surface area contributed by atoms with Gasteiger partial charge in [0.15, 0.2) is 5.78 Å². The zero-order valence-electron chi connectivity index (χ0n) is 7.77. The maximum atomic E-state index is 11.0. The summed E-state index contributed by atoms with van der Waals surface area (Å²) in [6.45, 7) is 7.79. The number of hydrogen-bond acceptors (Lipinski definition) is 2. The van der Waals surface area contributed by atoms with Crippen molar-refractivity contribution in [2.75, 3.05) is 0 Å². The molecular weight excluding hydrogens is 138 g/mol. The molecule has 0 aliphatic rings. The van der Waals surface area contributed by atoms with Crippen LogP contribution >= 0.6 is 0 Å². The normalized spacial score (nSPS) is 11.9. The lowest BCUT2D eigenvalue weighted by Gasteiger charge is -2.04. The van der Waals surface area contributed by atoms with Crippen molar-refractivity contribution in [1.29, 1.82) is 0 Å². The van der Waals surface area contributed by atoms with Gasteiger partial charge >= 0.3 is 0 Å². The topological polar surface area (TPSA) is 29.1 Å². The van der Waals surface area contributed by atoms with Crippen LogP contribution in [-0.4, -0.2) is 11.8 Å². The molecule has 0 rings (SSSR count). The Morgan fingerprint density at radius 3 is 2.45 bits per heavy atom. The van der Waals surface area contributed by atoms with E-state index in [1.165, 1.54) is 0 Å². The van der Waals surface area contributed by atoms with Crippen molar-refractivity contribution < 1.29 is 4.79 Å². The monoisotopic (exact) mass is 155 g/mol. The molecule has 0 spiro atoms. The van der Waals surface area contributed by atoms with Crippen LogP contribution in [-0.2, 0) is 4.79 Å². The summed E-state index contributed by atoms with van der Waals surface area (Å²) in [6, 6.07) is 0.398. The number of Topliss-reactive ketones (excluding diaryl/α,β-unsaturated/α-hetero) is 1. The number of allylic oxidation sites excluding steroid dienone is 1. The number of rotatable bonds is 4. The van der Waals surface area contributed by atoms with Gasteiger partial charge in [0, 0.05) is 24.2 Å². The maximum absolute atomic E-state index is 11.0. The number of hydrogen-bond donors (Lipinski definition) is 1. The zero-order valence-corrected chi connectivity index (χ0v) is 7.77.